The van der Waals surface area contributed by atoms with E-state index in [1.807, 2.05) is 24.3 Å². The Bertz CT molecular complexity index is 378. The molecular formula is C10H10N2O2. The molecule has 0 saturated carbocycles. The highest BCUT2D eigenvalue weighted by molar-refractivity contribution is 6.39. The van der Waals surface area contributed by atoms with Gasteiger partial charge in [-0.15, -0.1) is 0 Å². The van der Waals surface area contributed by atoms with Crippen LogP contribution in [0.1, 0.15) is 6.42 Å². The summed E-state index contributed by atoms with van der Waals surface area (Å²) in [5.41, 5.74) is 3.05. The van der Waals surface area contributed by atoms with Crippen LogP contribution in [0.4, 0.5) is 0 Å². The van der Waals surface area contributed by atoms with Crippen LogP contribution in [0.5, 0.6) is 0 Å². The third-order valence-corrected chi connectivity index (χ3v) is 2.32. The second-order valence-electron chi connectivity index (χ2n) is 3.20. The van der Waals surface area contributed by atoms with Gasteiger partial charge in [0.15, 0.2) is 0 Å². The van der Waals surface area contributed by atoms with E-state index in [-0.39, 0.29) is 5.92 Å². The van der Waals surface area contributed by atoms with Gasteiger partial charge in [-0.05, 0) is 5.57 Å². The third-order valence-electron chi connectivity index (χ3n) is 2.32. The van der Waals surface area contributed by atoms with Crippen molar-refractivity contribution in [1.29, 1.82) is 0 Å². The van der Waals surface area contributed by atoms with E-state index < -0.39 is 5.91 Å². The quantitative estimate of drug-likeness (QED) is 0.478. The van der Waals surface area contributed by atoms with Crippen LogP contribution in [-0.4, -0.2) is 16.8 Å². The van der Waals surface area contributed by atoms with Gasteiger partial charge in [0.1, 0.15) is 5.71 Å². The monoisotopic (exact) mass is 190 g/mol. The highest BCUT2D eigenvalue weighted by Crippen LogP contribution is 2.25. The molecule has 0 saturated heterocycles. The number of hydroxylamine groups is 1. The minimum absolute atomic E-state index is 0.213. The molecule has 0 fully saturated rings. The van der Waals surface area contributed by atoms with Gasteiger partial charge >= 0.3 is 0 Å². The van der Waals surface area contributed by atoms with Crippen molar-refractivity contribution in [2.75, 3.05) is 0 Å². The lowest BCUT2D eigenvalue weighted by atomic mass is 9.88. The summed E-state index contributed by atoms with van der Waals surface area (Å²) in [5, 5.41) is 8.45. The topological polar surface area (TPSA) is 61.7 Å². The van der Waals surface area contributed by atoms with Crippen LogP contribution < -0.4 is 5.48 Å². The van der Waals surface area contributed by atoms with Gasteiger partial charge in [-0.25, -0.2) is 5.48 Å². The summed E-state index contributed by atoms with van der Waals surface area (Å²) < 4.78 is 0. The molecule has 4 heteroatoms. The number of nitrogens with zero attached hydrogens (tertiary/aromatic N) is 1. The van der Waals surface area contributed by atoms with Crippen LogP contribution in [0.3, 0.4) is 0 Å². The SMILES string of the molecule is O=C(NO)C1=NC=C2C=CC=CC2C1. The average Bonchev–Trinajstić information content (AvgIpc) is 2.27. The predicted molar refractivity (Wildman–Crippen MR) is 51.8 cm³/mol. The summed E-state index contributed by atoms with van der Waals surface area (Å²) in [6.07, 6.45) is 10.1. The molecule has 1 aliphatic heterocycles. The zero-order chi connectivity index (χ0) is 9.97. The maximum absolute atomic E-state index is 11.1. The summed E-state index contributed by atoms with van der Waals surface area (Å²) in [6, 6.07) is 0. The van der Waals surface area contributed by atoms with Crippen molar-refractivity contribution < 1.29 is 10.0 Å². The first-order valence-electron chi connectivity index (χ1n) is 4.37. The fourth-order valence-corrected chi connectivity index (χ4v) is 1.55. The van der Waals surface area contributed by atoms with Crippen molar-refractivity contribution in [2.45, 2.75) is 6.42 Å². The number of hydrogen-bond donors (Lipinski definition) is 2. The summed E-state index contributed by atoms with van der Waals surface area (Å²) >= 11 is 0. The molecule has 0 aromatic carbocycles. The van der Waals surface area contributed by atoms with Crippen molar-refractivity contribution >= 4 is 11.6 Å². The minimum Gasteiger partial charge on any atom is -0.288 e. The first-order valence-corrected chi connectivity index (χ1v) is 4.37. The van der Waals surface area contributed by atoms with Crippen LogP contribution in [0.15, 0.2) is 41.1 Å². The Morgan fingerprint density at radius 1 is 1.57 bits per heavy atom. The molecule has 72 valence electrons. The highest BCUT2D eigenvalue weighted by atomic mass is 16.5. The number of rotatable bonds is 1. The van der Waals surface area contributed by atoms with Gasteiger partial charge in [-0.3, -0.25) is 15.0 Å². The first-order chi connectivity index (χ1) is 6.81. The largest absolute Gasteiger partial charge is 0.289 e. The molecule has 14 heavy (non-hydrogen) atoms. The van der Waals surface area contributed by atoms with Gasteiger partial charge in [0.25, 0.3) is 5.91 Å². The number of allylic oxidation sites excluding steroid dienone is 5. The number of amides is 1. The van der Waals surface area contributed by atoms with Gasteiger partial charge in [-0.2, -0.15) is 0 Å². The van der Waals surface area contributed by atoms with Crippen LogP contribution in [0.2, 0.25) is 0 Å². The molecule has 1 heterocycles. The predicted octanol–water partition coefficient (Wildman–Crippen LogP) is 0.963. The fraction of sp³-hybridized carbons (Fsp3) is 0.200. The zero-order valence-corrected chi connectivity index (χ0v) is 7.47. The smallest absolute Gasteiger partial charge is 0.288 e. The molecule has 1 aliphatic carbocycles. The lowest BCUT2D eigenvalue weighted by Gasteiger charge is -2.20. The summed E-state index contributed by atoms with van der Waals surface area (Å²) in [7, 11) is 0. The van der Waals surface area contributed by atoms with Gasteiger partial charge in [0.2, 0.25) is 0 Å². The van der Waals surface area contributed by atoms with Gasteiger partial charge < -0.3 is 0 Å². The van der Waals surface area contributed by atoms with Gasteiger partial charge in [0.05, 0.1) is 0 Å². The molecule has 2 rings (SSSR count). The Labute approximate surface area is 81.3 Å². The normalized spacial score (nSPS) is 23.6. The van der Waals surface area contributed by atoms with E-state index in [0.29, 0.717) is 12.1 Å². The molecule has 0 radical (unpaired) electrons. The van der Waals surface area contributed by atoms with Crippen molar-refractivity contribution in [1.82, 2.24) is 5.48 Å². The number of aliphatic imine (C=N–C) groups is 1. The van der Waals surface area contributed by atoms with Gasteiger partial charge in [0, 0.05) is 18.5 Å². The van der Waals surface area contributed by atoms with Crippen molar-refractivity contribution in [3.63, 3.8) is 0 Å². The molecule has 1 unspecified atom stereocenters. The molecule has 0 spiro atoms. The number of nitrogens with one attached hydrogen (secondary N) is 1. The molecule has 2 aliphatic rings. The third kappa shape index (κ3) is 1.52. The molecule has 0 aromatic heterocycles. The summed E-state index contributed by atoms with van der Waals surface area (Å²) in [4.78, 5) is 15.1. The molecule has 4 nitrogen and oxygen atoms in total. The number of hydrogen-bond acceptors (Lipinski definition) is 3. The molecule has 2 N–H and O–H groups in total. The highest BCUT2D eigenvalue weighted by Gasteiger charge is 2.21. The minimum atomic E-state index is -0.525. The van der Waals surface area contributed by atoms with Crippen LogP contribution in [0, 0.1) is 5.92 Å². The van der Waals surface area contributed by atoms with Crippen LogP contribution in [0.25, 0.3) is 0 Å². The maximum atomic E-state index is 11.1. The standard InChI is InChI=1S/C10H10N2O2/c13-10(12-14)9-5-7-3-1-2-4-8(7)6-11-9/h1-4,6-7,14H,5H2,(H,12,13). The maximum Gasteiger partial charge on any atom is 0.289 e. The Morgan fingerprint density at radius 2 is 2.43 bits per heavy atom. The molecular weight excluding hydrogens is 180 g/mol. The van der Waals surface area contributed by atoms with Crippen LogP contribution in [-0.2, 0) is 4.79 Å². The second kappa shape index (κ2) is 3.59. The van der Waals surface area contributed by atoms with Gasteiger partial charge in [-0.1, -0.05) is 24.3 Å². The Hall–Kier alpha value is -1.68. The fourth-order valence-electron chi connectivity index (χ4n) is 1.55. The Balaban J connectivity index is 2.23. The van der Waals surface area contributed by atoms with E-state index in [4.69, 9.17) is 5.21 Å². The second-order valence-corrected chi connectivity index (χ2v) is 3.20. The number of carbonyl (C=O) groups is 1. The molecule has 1 amide bonds. The lowest BCUT2D eigenvalue weighted by molar-refractivity contribution is -0.122. The van der Waals surface area contributed by atoms with Crippen molar-refractivity contribution in [3.05, 3.63) is 36.1 Å². The molecule has 0 bridgehead atoms. The van der Waals surface area contributed by atoms with E-state index in [0.717, 1.165) is 5.57 Å². The van der Waals surface area contributed by atoms with Crippen molar-refractivity contribution in [2.24, 2.45) is 10.9 Å². The average molecular weight is 190 g/mol. The lowest BCUT2D eigenvalue weighted by Crippen LogP contribution is -2.31. The van der Waals surface area contributed by atoms with Crippen molar-refractivity contribution in [3.8, 4) is 0 Å². The van der Waals surface area contributed by atoms with E-state index in [1.165, 1.54) is 0 Å². The molecule has 0 aromatic rings. The van der Waals surface area contributed by atoms with E-state index in [9.17, 15) is 4.79 Å². The Kier molecular flexibility index (Phi) is 2.28. The zero-order valence-electron chi connectivity index (χ0n) is 7.47. The van der Waals surface area contributed by atoms with E-state index >= 15 is 0 Å². The summed E-state index contributed by atoms with van der Waals surface area (Å²) in [5.74, 6) is -0.312. The molecule has 1 atom stereocenters. The first kappa shape index (κ1) is 8.90. The van der Waals surface area contributed by atoms with Crippen LogP contribution >= 0.6 is 0 Å². The Morgan fingerprint density at radius 3 is 3.21 bits per heavy atom. The number of fused-ring (bicyclic) bond motifs is 1. The van der Waals surface area contributed by atoms with E-state index in [1.54, 1.807) is 11.7 Å². The number of carbonyl (C=O) groups excluding carboxylic acids is 1. The summed E-state index contributed by atoms with van der Waals surface area (Å²) in [6.45, 7) is 0. The van der Waals surface area contributed by atoms with E-state index in [2.05, 4.69) is 4.99 Å².